The number of aromatic nitrogens is 2. The van der Waals surface area contributed by atoms with Crippen molar-refractivity contribution in [1.29, 1.82) is 0 Å². The lowest BCUT2D eigenvalue weighted by atomic mass is 9.94. The molecule has 2 heterocycles. The van der Waals surface area contributed by atoms with E-state index in [2.05, 4.69) is 88.0 Å². The first-order valence-electron chi connectivity index (χ1n) is 46.7. The molecule has 0 N–H and O–H groups in total. The first-order chi connectivity index (χ1) is 63.9. The molecule has 528 valence electrons. The molecule has 0 fully saturated rings. The molecule has 2 aromatic heterocycles. The summed E-state index contributed by atoms with van der Waals surface area (Å²) >= 11 is 0. The van der Waals surface area contributed by atoms with E-state index in [1.807, 2.05) is 229 Å². The maximum atomic E-state index is 9.96. The highest BCUT2D eigenvalue weighted by atomic mass is 15.1. The average Bonchev–Trinajstić information content (AvgIpc) is 0.826. The highest BCUT2D eigenvalue weighted by molar-refractivity contribution is 6.12. The summed E-state index contributed by atoms with van der Waals surface area (Å²) in [4.78, 5) is 3.08. The van der Waals surface area contributed by atoms with Gasteiger partial charge in [0.05, 0.1) is 49.5 Å². The fourth-order valence-electron chi connectivity index (χ4n) is 14.9. The van der Waals surface area contributed by atoms with Crippen molar-refractivity contribution in [1.82, 2.24) is 9.13 Å². The zero-order valence-corrected chi connectivity index (χ0v) is 60.1. The van der Waals surface area contributed by atoms with Gasteiger partial charge in [-0.2, -0.15) is 0 Å². The van der Waals surface area contributed by atoms with Crippen molar-refractivity contribution >= 4 is 77.7 Å². The summed E-state index contributed by atoms with van der Waals surface area (Å²) in [7, 11) is 0. The second-order valence-electron chi connectivity index (χ2n) is 26.8. The van der Waals surface area contributed by atoms with Crippen LogP contribution in [-0.4, -0.2) is 9.13 Å². The van der Waals surface area contributed by atoms with Crippen molar-refractivity contribution in [2.24, 2.45) is 0 Å². The van der Waals surface area contributed by atoms with E-state index in [1.54, 1.807) is 30.3 Å². The van der Waals surface area contributed by atoms with Gasteiger partial charge in [0.1, 0.15) is 0 Å². The largest absolute Gasteiger partial charge is 0.310 e. The molecule has 18 aromatic carbocycles. The van der Waals surface area contributed by atoms with Crippen molar-refractivity contribution in [2.75, 3.05) is 9.80 Å². The van der Waals surface area contributed by atoms with E-state index < -0.39 is 119 Å². The zero-order valence-electron chi connectivity index (χ0n) is 80.1. The lowest BCUT2D eigenvalue weighted by molar-refractivity contribution is 1.18. The Bertz CT molecular complexity index is 7920. The second-order valence-corrected chi connectivity index (χ2v) is 26.8. The van der Waals surface area contributed by atoms with Crippen LogP contribution in [0.4, 0.5) is 34.1 Å². The highest BCUT2D eigenvalue weighted by Crippen LogP contribution is 2.45. The van der Waals surface area contributed by atoms with Gasteiger partial charge >= 0.3 is 0 Å². The number of benzene rings is 18. The number of nitrogens with zero attached hydrogens (tertiary/aromatic N) is 4. The molecule has 0 aliphatic rings. The normalized spacial score (nSPS) is 13.7. The van der Waals surface area contributed by atoms with E-state index in [0.29, 0.717) is 16.7 Å². The number of anilines is 6. The summed E-state index contributed by atoms with van der Waals surface area (Å²) in [6.07, 6.45) is 0. The van der Waals surface area contributed by atoms with E-state index in [0.717, 1.165) is 117 Å². The van der Waals surface area contributed by atoms with Crippen LogP contribution in [0.2, 0.25) is 0 Å². The lowest BCUT2D eigenvalue weighted by Gasteiger charge is -2.26. The Labute approximate surface area is 681 Å². The molecule has 4 heteroatoms. The molecule has 0 aliphatic carbocycles. The molecule has 112 heavy (non-hydrogen) atoms. The van der Waals surface area contributed by atoms with Crippen molar-refractivity contribution in [3.05, 3.63) is 461 Å². The summed E-state index contributed by atoms with van der Waals surface area (Å²) in [5.41, 5.74) is 14.2. The number of para-hydroxylation sites is 4. The first-order valence-corrected chi connectivity index (χ1v) is 36.7. The van der Waals surface area contributed by atoms with Crippen LogP contribution >= 0.6 is 0 Å². The third kappa shape index (κ3) is 13.4. The second kappa shape index (κ2) is 30.4. The molecule has 0 spiro atoms. The van der Waals surface area contributed by atoms with Crippen LogP contribution in [-0.2, 0) is 0 Å². The van der Waals surface area contributed by atoms with Gasteiger partial charge in [-0.15, -0.1) is 0 Å². The van der Waals surface area contributed by atoms with E-state index >= 15 is 0 Å². The van der Waals surface area contributed by atoms with E-state index in [9.17, 15) is 16.4 Å². The maximum Gasteiger partial charge on any atom is 0.0651 e. The quantitative estimate of drug-likeness (QED) is 0.0959. The third-order valence-corrected chi connectivity index (χ3v) is 20.1. The van der Waals surface area contributed by atoms with Crippen LogP contribution in [0, 0.1) is 0 Å². The van der Waals surface area contributed by atoms with Crippen LogP contribution in [0.5, 0.6) is 0 Å². The van der Waals surface area contributed by atoms with Gasteiger partial charge in [0.15, 0.2) is 0 Å². The SMILES string of the molecule is [2H]c1c([2H])c(-c2ccc3c(c2)c2ccccc2n3-c2ccccc2)c([2H])c(N(c2ccc(-c3ccccc3)cc2)c2ccc(-c3ccccc3-c3ccccc3)cc2)c1[2H].[2H]c1cc(-c2c([2H])c([2H])c([2H])c([2H])c2[2H])c(-c2c([2H])c([2H])c(N(c3ccc(-c4ccccc4)cc3)c3c([2H])c([2H])c([2H])c(-c4ccc5c(c4)c4ccccc4n5-c4ccccc4)c3[2H])c([2H])c2[2H])c([2H])c1[2H]. The van der Waals surface area contributed by atoms with E-state index in [1.165, 1.54) is 4.90 Å². The average molecular weight is 1450 g/mol. The summed E-state index contributed by atoms with van der Waals surface area (Å²) in [6.45, 7) is 0. The molecule has 0 saturated carbocycles. The lowest BCUT2D eigenvalue weighted by Crippen LogP contribution is -2.10. The summed E-state index contributed by atoms with van der Waals surface area (Å²) in [5, 5.41) is 3.69. The predicted molar refractivity (Wildman–Crippen MR) is 474 cm³/mol. The minimum absolute atomic E-state index is 0.0118. The van der Waals surface area contributed by atoms with Gasteiger partial charge < -0.3 is 18.9 Å². The monoisotopic (exact) mass is 1450 g/mol. The Hall–Kier alpha value is -14.8. The zero-order chi connectivity index (χ0) is 91.9. The minimum atomic E-state index is -0.794. The molecule has 0 bridgehead atoms. The molecular weight excluding hydrogens is 1350 g/mol. The summed E-state index contributed by atoms with van der Waals surface area (Å²) in [5.74, 6) is 0. The number of hydrogen-bond donors (Lipinski definition) is 0. The minimum Gasteiger partial charge on any atom is -0.310 e. The molecular formula is C108H76N4. The topological polar surface area (TPSA) is 16.3 Å². The fraction of sp³-hybridized carbons (Fsp3) is 0. The Morgan fingerprint density at radius 3 is 0.991 bits per heavy atom. The third-order valence-electron chi connectivity index (χ3n) is 20.1. The van der Waals surface area contributed by atoms with Crippen LogP contribution in [0.1, 0.15) is 27.4 Å². The predicted octanol–water partition coefficient (Wildman–Crippen LogP) is 29.8. The Kier molecular flexibility index (Phi) is 13.4. The molecule has 20 aromatic rings. The van der Waals surface area contributed by atoms with Gasteiger partial charge in [-0.1, -0.05) is 327 Å². The molecule has 0 amide bonds. The Morgan fingerprint density at radius 2 is 0.518 bits per heavy atom. The van der Waals surface area contributed by atoms with Crippen molar-refractivity contribution in [2.45, 2.75) is 0 Å². The van der Waals surface area contributed by atoms with Crippen molar-refractivity contribution in [3.8, 4) is 100 Å². The van der Waals surface area contributed by atoms with E-state index in [4.69, 9.17) is 11.0 Å². The van der Waals surface area contributed by atoms with Crippen LogP contribution < -0.4 is 9.80 Å². The molecule has 0 atom stereocenters. The highest BCUT2D eigenvalue weighted by Gasteiger charge is 2.21. The Balaban J connectivity index is 0.000000173. The first kappa shape index (κ1) is 49.2. The van der Waals surface area contributed by atoms with Gasteiger partial charge in [0.25, 0.3) is 0 Å². The van der Waals surface area contributed by atoms with E-state index in [-0.39, 0.29) is 52.4 Å². The molecule has 0 radical (unpaired) electrons. The maximum absolute atomic E-state index is 9.96. The molecule has 0 aliphatic heterocycles. The van der Waals surface area contributed by atoms with Gasteiger partial charge in [-0.3, -0.25) is 0 Å². The number of rotatable bonds is 16. The van der Waals surface area contributed by atoms with Crippen LogP contribution in [0.15, 0.2) is 461 Å². The number of hydrogen-bond acceptors (Lipinski definition) is 2. The molecule has 0 unspecified atom stereocenters. The van der Waals surface area contributed by atoms with Crippen LogP contribution in [0.25, 0.3) is 144 Å². The van der Waals surface area contributed by atoms with Crippen molar-refractivity contribution in [3.63, 3.8) is 0 Å². The number of fused-ring (bicyclic) bond motifs is 6. The fourth-order valence-corrected chi connectivity index (χ4v) is 14.9. The summed E-state index contributed by atoms with van der Waals surface area (Å²) in [6, 6.07) is 98.4. The van der Waals surface area contributed by atoms with Crippen LogP contribution in [0.3, 0.4) is 0 Å². The van der Waals surface area contributed by atoms with Crippen molar-refractivity contribution < 1.29 is 27.4 Å². The smallest absolute Gasteiger partial charge is 0.0651 e. The summed E-state index contributed by atoms with van der Waals surface area (Å²) < 4.78 is 187. The molecule has 0 saturated heterocycles. The standard InChI is InChI=1S/2C54H38N2/c2*1-4-15-39(16-5-1)40-27-32-46(33-28-40)55(47-34-29-42(30-35-47)50-24-11-10-23-49(50)41-17-6-2-7-18-41)48-22-14-19-43(37-48)44-31-36-54-52(38-44)51-25-12-13-26-53(51)56(54)45-20-8-3-9-21-45/h2*1-38H/i2D,6D,7D,10D,11D,14D,17D,18D,19D,22D,24D,29D,30D,34D,35D,37D;14D,19D,22D,37D. The Morgan fingerprint density at radius 1 is 0.179 bits per heavy atom. The molecule has 4 nitrogen and oxygen atoms in total. The van der Waals surface area contributed by atoms with Gasteiger partial charge in [0.2, 0.25) is 0 Å². The molecule has 20 rings (SSSR count). The van der Waals surface area contributed by atoms with Gasteiger partial charge in [0, 0.05) is 67.0 Å². The van der Waals surface area contributed by atoms with Gasteiger partial charge in [-0.25, -0.2) is 0 Å². The van der Waals surface area contributed by atoms with Gasteiger partial charge in [-0.05, 0) is 222 Å².